The van der Waals surface area contributed by atoms with Gasteiger partial charge in [-0.05, 0) is 13.3 Å². The van der Waals surface area contributed by atoms with Gasteiger partial charge in [0.2, 0.25) is 5.91 Å². The summed E-state index contributed by atoms with van der Waals surface area (Å²) in [4.78, 5) is 21.7. The molecule has 0 aliphatic heterocycles. The molecule has 2 unspecified atom stereocenters. The average molecular weight is 244 g/mol. The summed E-state index contributed by atoms with van der Waals surface area (Å²) in [5, 5.41) is 14.4. The summed E-state index contributed by atoms with van der Waals surface area (Å²) in [7, 11) is 0. The van der Waals surface area contributed by atoms with Gasteiger partial charge in [0.25, 0.3) is 0 Å². The maximum absolute atomic E-state index is 10.9. The van der Waals surface area contributed by atoms with E-state index in [2.05, 4.69) is 17.6 Å². The molecule has 3 N–H and O–H groups in total. The van der Waals surface area contributed by atoms with Crippen LogP contribution in [0.1, 0.15) is 46.5 Å². The molecule has 0 aromatic rings. The number of amides is 1. The van der Waals surface area contributed by atoms with E-state index >= 15 is 0 Å². The number of carbonyl (C=O) groups is 2. The molecule has 0 saturated heterocycles. The van der Waals surface area contributed by atoms with Gasteiger partial charge in [-0.25, -0.2) is 4.79 Å². The van der Waals surface area contributed by atoms with Gasteiger partial charge in [0.1, 0.15) is 6.04 Å². The SMILES string of the molecule is CCCCCC(C)NCC(NC(C)=O)C(=O)O. The summed E-state index contributed by atoms with van der Waals surface area (Å²) in [5.74, 6) is -1.33. The molecule has 0 aromatic carbocycles. The highest BCUT2D eigenvalue weighted by molar-refractivity contribution is 5.82. The third kappa shape index (κ3) is 8.68. The van der Waals surface area contributed by atoms with Crippen LogP contribution < -0.4 is 10.6 Å². The lowest BCUT2D eigenvalue weighted by Gasteiger charge is -2.18. The second-order valence-corrected chi connectivity index (χ2v) is 4.40. The minimum Gasteiger partial charge on any atom is -0.480 e. The van der Waals surface area contributed by atoms with Crippen molar-refractivity contribution in [3.05, 3.63) is 0 Å². The van der Waals surface area contributed by atoms with Crippen LogP contribution in [0.5, 0.6) is 0 Å². The van der Waals surface area contributed by atoms with Crippen molar-refractivity contribution in [1.82, 2.24) is 10.6 Å². The number of carbonyl (C=O) groups excluding carboxylic acids is 1. The first kappa shape index (κ1) is 15.9. The number of carboxylic acids is 1. The van der Waals surface area contributed by atoms with E-state index in [1.165, 1.54) is 19.8 Å². The fourth-order valence-corrected chi connectivity index (χ4v) is 1.57. The van der Waals surface area contributed by atoms with Crippen LogP contribution in [0.15, 0.2) is 0 Å². The van der Waals surface area contributed by atoms with Crippen LogP contribution >= 0.6 is 0 Å². The Labute approximate surface area is 103 Å². The third-order valence-corrected chi connectivity index (χ3v) is 2.59. The smallest absolute Gasteiger partial charge is 0.327 e. The van der Waals surface area contributed by atoms with Crippen LogP contribution in [0.4, 0.5) is 0 Å². The topological polar surface area (TPSA) is 78.4 Å². The minimum atomic E-state index is -1.01. The Hall–Kier alpha value is -1.10. The van der Waals surface area contributed by atoms with E-state index in [0.717, 1.165) is 12.8 Å². The Morgan fingerprint density at radius 1 is 1.29 bits per heavy atom. The Bertz CT molecular complexity index is 244. The van der Waals surface area contributed by atoms with E-state index in [1.54, 1.807) is 0 Å². The molecule has 0 bridgehead atoms. The Morgan fingerprint density at radius 2 is 1.94 bits per heavy atom. The maximum Gasteiger partial charge on any atom is 0.327 e. The molecule has 0 aromatic heterocycles. The zero-order valence-electron chi connectivity index (χ0n) is 11.0. The molecule has 5 nitrogen and oxygen atoms in total. The van der Waals surface area contributed by atoms with Crippen molar-refractivity contribution in [2.75, 3.05) is 6.54 Å². The first-order valence-corrected chi connectivity index (χ1v) is 6.20. The first-order chi connectivity index (χ1) is 7.97. The molecule has 0 aliphatic rings. The maximum atomic E-state index is 10.9. The van der Waals surface area contributed by atoms with Gasteiger partial charge in [-0.3, -0.25) is 4.79 Å². The van der Waals surface area contributed by atoms with E-state index in [9.17, 15) is 9.59 Å². The van der Waals surface area contributed by atoms with Crippen molar-refractivity contribution in [2.24, 2.45) is 0 Å². The molecule has 5 heteroatoms. The van der Waals surface area contributed by atoms with Crippen molar-refractivity contribution in [2.45, 2.75) is 58.5 Å². The monoisotopic (exact) mass is 244 g/mol. The molecule has 0 heterocycles. The van der Waals surface area contributed by atoms with Gasteiger partial charge in [0.05, 0.1) is 0 Å². The molecular formula is C12H24N2O3. The van der Waals surface area contributed by atoms with Crippen LogP contribution in [0.3, 0.4) is 0 Å². The van der Waals surface area contributed by atoms with Crippen molar-refractivity contribution in [3.63, 3.8) is 0 Å². The van der Waals surface area contributed by atoms with Crippen LogP contribution in [0.25, 0.3) is 0 Å². The third-order valence-electron chi connectivity index (χ3n) is 2.59. The Morgan fingerprint density at radius 3 is 2.41 bits per heavy atom. The van der Waals surface area contributed by atoms with Gasteiger partial charge in [-0.2, -0.15) is 0 Å². The lowest BCUT2D eigenvalue weighted by Crippen LogP contribution is -2.48. The van der Waals surface area contributed by atoms with E-state index in [0.29, 0.717) is 0 Å². The van der Waals surface area contributed by atoms with Crippen molar-refractivity contribution >= 4 is 11.9 Å². The lowest BCUT2D eigenvalue weighted by molar-refractivity contribution is -0.141. The fraction of sp³-hybridized carbons (Fsp3) is 0.833. The molecule has 17 heavy (non-hydrogen) atoms. The van der Waals surface area contributed by atoms with Gasteiger partial charge >= 0.3 is 5.97 Å². The van der Waals surface area contributed by atoms with Gasteiger partial charge in [0, 0.05) is 19.5 Å². The molecule has 0 rings (SSSR count). The largest absolute Gasteiger partial charge is 0.480 e. The van der Waals surface area contributed by atoms with Crippen molar-refractivity contribution in [1.29, 1.82) is 0 Å². The van der Waals surface area contributed by atoms with Gasteiger partial charge in [-0.15, -0.1) is 0 Å². The molecule has 0 radical (unpaired) electrons. The molecule has 0 spiro atoms. The number of hydrogen-bond donors (Lipinski definition) is 3. The predicted octanol–water partition coefficient (Wildman–Crippen LogP) is 1.13. The molecule has 0 fully saturated rings. The molecule has 0 saturated carbocycles. The first-order valence-electron chi connectivity index (χ1n) is 6.20. The molecule has 0 aliphatic carbocycles. The van der Waals surface area contributed by atoms with E-state index in [1.807, 2.05) is 6.92 Å². The summed E-state index contributed by atoms with van der Waals surface area (Å²) in [6.07, 6.45) is 4.54. The van der Waals surface area contributed by atoms with Crippen LogP contribution in [0.2, 0.25) is 0 Å². The van der Waals surface area contributed by atoms with Gasteiger partial charge in [0.15, 0.2) is 0 Å². The number of unbranched alkanes of at least 4 members (excludes halogenated alkanes) is 2. The zero-order chi connectivity index (χ0) is 13.3. The summed E-state index contributed by atoms with van der Waals surface area (Å²) >= 11 is 0. The van der Waals surface area contributed by atoms with E-state index in [4.69, 9.17) is 5.11 Å². The number of carboxylic acid groups (broad SMARTS) is 1. The Balaban J connectivity index is 3.87. The fourth-order valence-electron chi connectivity index (χ4n) is 1.57. The highest BCUT2D eigenvalue weighted by Crippen LogP contribution is 2.02. The second-order valence-electron chi connectivity index (χ2n) is 4.40. The summed E-state index contributed by atoms with van der Waals surface area (Å²) in [6.45, 7) is 5.76. The van der Waals surface area contributed by atoms with Gasteiger partial charge < -0.3 is 15.7 Å². The molecule has 1 amide bonds. The number of nitrogens with one attached hydrogen (secondary N) is 2. The van der Waals surface area contributed by atoms with Gasteiger partial charge in [-0.1, -0.05) is 26.2 Å². The van der Waals surface area contributed by atoms with Crippen molar-refractivity contribution in [3.8, 4) is 0 Å². The van der Waals surface area contributed by atoms with Crippen LogP contribution in [-0.2, 0) is 9.59 Å². The molecule has 100 valence electrons. The van der Waals surface area contributed by atoms with Crippen LogP contribution in [-0.4, -0.2) is 35.6 Å². The number of aliphatic carboxylic acids is 1. The normalized spacial score (nSPS) is 14.1. The highest BCUT2D eigenvalue weighted by atomic mass is 16.4. The predicted molar refractivity (Wildman–Crippen MR) is 66.8 cm³/mol. The number of hydrogen-bond acceptors (Lipinski definition) is 3. The average Bonchev–Trinajstić information content (AvgIpc) is 2.23. The Kier molecular flexibility index (Phi) is 8.40. The standard InChI is InChI=1S/C12H24N2O3/c1-4-5-6-7-9(2)13-8-11(12(16)17)14-10(3)15/h9,11,13H,4-8H2,1-3H3,(H,14,15)(H,16,17). The minimum absolute atomic E-state index is 0.266. The molecular weight excluding hydrogens is 220 g/mol. The van der Waals surface area contributed by atoms with E-state index < -0.39 is 12.0 Å². The summed E-state index contributed by atoms with van der Waals surface area (Å²) in [6, 6.07) is -0.571. The van der Waals surface area contributed by atoms with Crippen LogP contribution in [0, 0.1) is 0 Å². The lowest BCUT2D eigenvalue weighted by atomic mass is 10.1. The second kappa shape index (κ2) is 8.98. The van der Waals surface area contributed by atoms with Crippen molar-refractivity contribution < 1.29 is 14.7 Å². The molecule has 2 atom stereocenters. The summed E-state index contributed by atoms with van der Waals surface area (Å²) in [5.41, 5.74) is 0. The zero-order valence-corrected chi connectivity index (χ0v) is 11.0. The quantitative estimate of drug-likeness (QED) is 0.531. The van der Waals surface area contributed by atoms with E-state index in [-0.39, 0.29) is 18.5 Å². The number of rotatable bonds is 9. The summed E-state index contributed by atoms with van der Waals surface area (Å²) < 4.78 is 0. The highest BCUT2D eigenvalue weighted by Gasteiger charge is 2.18.